The van der Waals surface area contributed by atoms with Crippen molar-refractivity contribution >= 4 is 5.97 Å². The molecule has 156 valence electrons. The van der Waals surface area contributed by atoms with Crippen LogP contribution in [-0.4, -0.2) is 46.7 Å². The van der Waals surface area contributed by atoms with Gasteiger partial charge >= 0.3 is 5.97 Å². The number of hydrogen-bond acceptors (Lipinski definition) is 5. The van der Waals surface area contributed by atoms with Gasteiger partial charge in [0.2, 0.25) is 0 Å². The van der Waals surface area contributed by atoms with Gasteiger partial charge in [-0.3, -0.25) is 4.79 Å². The molecule has 0 bridgehead atoms. The largest absolute Gasteiger partial charge is 0.463 e. The molecule has 0 aliphatic carbocycles. The van der Waals surface area contributed by atoms with Gasteiger partial charge in [0.15, 0.2) is 0 Å². The number of unbranched alkanes of at least 4 members (excludes halogenated alkanes) is 8. The number of aliphatic hydroxyl groups excluding tert-OH is 3. The molecule has 0 radical (unpaired) electrons. The zero-order valence-electron chi connectivity index (χ0n) is 17.3. The summed E-state index contributed by atoms with van der Waals surface area (Å²) in [6.45, 7) is 1.68. The van der Waals surface area contributed by atoms with E-state index in [-0.39, 0.29) is 44.8 Å². The minimum atomic E-state index is -0.978. The van der Waals surface area contributed by atoms with Gasteiger partial charge in [-0.15, -0.1) is 0 Å². The third-order valence-electron chi connectivity index (χ3n) is 4.36. The Hall–Kier alpha value is -0.287. The predicted molar refractivity (Wildman–Crippen MR) is 105 cm³/mol. The summed E-state index contributed by atoms with van der Waals surface area (Å²) < 4.78 is 4.84. The minimum absolute atomic E-state index is 0. The maximum atomic E-state index is 11.4. The smallest absolute Gasteiger partial charge is 0.305 e. The molecule has 0 fully saturated rings. The minimum Gasteiger partial charge on any atom is -0.463 e. The van der Waals surface area contributed by atoms with Crippen molar-refractivity contribution in [3.63, 3.8) is 0 Å². The van der Waals surface area contributed by atoms with E-state index >= 15 is 0 Å². The molecule has 0 aromatic carbocycles. The zero-order chi connectivity index (χ0) is 19.5. The molecule has 0 saturated carbocycles. The number of rotatable bonds is 18. The molecule has 0 rings (SSSR count). The van der Waals surface area contributed by atoms with Gasteiger partial charge in [-0.05, 0) is 32.1 Å². The van der Waals surface area contributed by atoms with E-state index in [0.717, 1.165) is 57.8 Å². The van der Waals surface area contributed by atoms with Crippen molar-refractivity contribution in [2.24, 2.45) is 0 Å². The summed E-state index contributed by atoms with van der Waals surface area (Å²) in [5.41, 5.74) is 0. The third-order valence-corrected chi connectivity index (χ3v) is 4.36. The molecule has 27 heavy (non-hydrogen) atoms. The van der Waals surface area contributed by atoms with Crippen molar-refractivity contribution in [3.8, 4) is 0 Å². The first-order valence-electron chi connectivity index (χ1n) is 10.4. The van der Waals surface area contributed by atoms with Gasteiger partial charge < -0.3 is 20.1 Å². The Kier molecular flexibility index (Phi) is 23.6. The summed E-state index contributed by atoms with van der Waals surface area (Å²) in [5.74, 6) is -0.311. The molecule has 5 nitrogen and oxygen atoms in total. The van der Waals surface area contributed by atoms with Crippen LogP contribution >= 0.6 is 0 Å². The molecule has 1 unspecified atom stereocenters. The second-order valence-electron chi connectivity index (χ2n) is 7.04. The Balaban J connectivity index is 0. The van der Waals surface area contributed by atoms with E-state index in [1.54, 1.807) is 0 Å². The van der Waals surface area contributed by atoms with Crippen molar-refractivity contribution in [1.29, 1.82) is 0 Å². The van der Waals surface area contributed by atoms with Crippen LogP contribution in [0.15, 0.2) is 12.2 Å². The maximum Gasteiger partial charge on any atom is 0.305 e. The van der Waals surface area contributed by atoms with Crippen LogP contribution in [0, 0.1) is 0 Å². The van der Waals surface area contributed by atoms with Gasteiger partial charge in [-0.1, -0.05) is 64.0 Å². The van der Waals surface area contributed by atoms with Crippen molar-refractivity contribution in [2.45, 2.75) is 103 Å². The molecule has 0 aromatic heterocycles. The molecule has 0 aromatic rings. The van der Waals surface area contributed by atoms with Gasteiger partial charge in [0.1, 0.15) is 12.7 Å². The van der Waals surface area contributed by atoms with Crippen LogP contribution in [0.1, 0.15) is 90.4 Å². The van der Waals surface area contributed by atoms with E-state index in [1.807, 2.05) is 0 Å². The summed E-state index contributed by atoms with van der Waals surface area (Å²) >= 11 is 0. The number of hydrogen-bond donors (Lipinski definition) is 3. The van der Waals surface area contributed by atoms with Crippen LogP contribution < -0.4 is 0 Å². The Bertz CT molecular complexity index is 349. The normalized spacial score (nSPS) is 13.3. The molecule has 0 saturated heterocycles. The Morgan fingerprint density at radius 1 is 0.926 bits per heavy atom. The summed E-state index contributed by atoms with van der Waals surface area (Å²) in [6, 6.07) is 0. The number of allylic oxidation sites excluding steroid dienone is 1. The Morgan fingerprint density at radius 3 is 2.30 bits per heavy atom. The number of carbonyl (C=O) groups excluding carboxylic acids is 1. The standard InChI is InChI=1S/C21H40O5.Zn/c1-2-3-4-11-14-19(23)15-12-9-7-5-6-8-10-13-16-21(25)26-18-20(24)17-22;/h9,12,19-20,22-24H,2-8,10-11,13-18H2,1H3;/b12-9-;/t19-,20?;/m1./s1. The summed E-state index contributed by atoms with van der Waals surface area (Å²) in [5, 5.41) is 27.6. The van der Waals surface area contributed by atoms with Gasteiger partial charge in [-0.2, -0.15) is 0 Å². The van der Waals surface area contributed by atoms with Crippen molar-refractivity contribution in [2.75, 3.05) is 13.2 Å². The van der Waals surface area contributed by atoms with Crippen LogP contribution in [0.25, 0.3) is 0 Å². The first-order chi connectivity index (χ1) is 12.6. The molecule has 6 heteroatoms. The van der Waals surface area contributed by atoms with Crippen LogP contribution in [0.3, 0.4) is 0 Å². The van der Waals surface area contributed by atoms with Crippen LogP contribution in [0.4, 0.5) is 0 Å². The fourth-order valence-corrected chi connectivity index (χ4v) is 2.67. The van der Waals surface area contributed by atoms with E-state index in [9.17, 15) is 9.90 Å². The van der Waals surface area contributed by atoms with E-state index in [1.165, 1.54) is 19.3 Å². The van der Waals surface area contributed by atoms with E-state index in [4.69, 9.17) is 14.9 Å². The quantitative estimate of drug-likeness (QED) is 0.131. The van der Waals surface area contributed by atoms with Crippen LogP contribution in [0.5, 0.6) is 0 Å². The van der Waals surface area contributed by atoms with E-state index < -0.39 is 6.10 Å². The van der Waals surface area contributed by atoms with Gasteiger partial charge in [0.05, 0.1) is 12.7 Å². The fraction of sp³-hybridized carbons (Fsp3) is 0.857. The van der Waals surface area contributed by atoms with Gasteiger partial charge in [-0.25, -0.2) is 0 Å². The molecule has 0 heterocycles. The molecule has 0 amide bonds. The monoisotopic (exact) mass is 436 g/mol. The molecule has 0 aliphatic heterocycles. The molecule has 0 aliphatic rings. The number of carbonyl (C=O) groups is 1. The van der Waals surface area contributed by atoms with Crippen molar-refractivity contribution in [1.82, 2.24) is 0 Å². The van der Waals surface area contributed by atoms with Crippen molar-refractivity contribution in [3.05, 3.63) is 12.2 Å². The summed E-state index contributed by atoms with van der Waals surface area (Å²) in [7, 11) is 0. The van der Waals surface area contributed by atoms with Gasteiger partial charge in [0, 0.05) is 25.9 Å². The number of aliphatic hydroxyl groups is 3. The van der Waals surface area contributed by atoms with E-state index in [0.29, 0.717) is 6.42 Å². The number of ether oxygens (including phenoxy) is 1. The predicted octanol–water partition coefficient (Wildman–Crippen LogP) is 3.89. The maximum absolute atomic E-state index is 11.4. The first-order valence-corrected chi connectivity index (χ1v) is 10.4. The van der Waals surface area contributed by atoms with Crippen LogP contribution in [-0.2, 0) is 29.0 Å². The average molecular weight is 438 g/mol. The molecule has 3 N–H and O–H groups in total. The Morgan fingerprint density at radius 2 is 1.59 bits per heavy atom. The number of esters is 1. The topological polar surface area (TPSA) is 87.0 Å². The average Bonchev–Trinajstić information content (AvgIpc) is 2.64. The zero-order valence-corrected chi connectivity index (χ0v) is 20.2. The van der Waals surface area contributed by atoms with Gasteiger partial charge in [0.25, 0.3) is 0 Å². The van der Waals surface area contributed by atoms with Crippen molar-refractivity contribution < 1.29 is 44.3 Å². The second-order valence-corrected chi connectivity index (χ2v) is 7.04. The first kappa shape index (κ1) is 28.9. The third kappa shape index (κ3) is 21.9. The summed E-state index contributed by atoms with van der Waals surface area (Å²) in [4.78, 5) is 11.4. The molecular weight excluding hydrogens is 398 g/mol. The molecule has 2 atom stereocenters. The molecule has 0 spiro atoms. The fourth-order valence-electron chi connectivity index (χ4n) is 2.67. The second kappa shape index (κ2) is 22.0. The van der Waals surface area contributed by atoms with Crippen LogP contribution in [0.2, 0.25) is 0 Å². The summed E-state index contributed by atoms with van der Waals surface area (Å²) in [6.07, 6.45) is 16.2. The Labute approximate surface area is 178 Å². The SMILES string of the molecule is CCCCCC[C@@H](O)C/C=C\CCCCCCCC(=O)OCC(O)CO.[Zn]. The molecular formula is C21H40O5Zn. The van der Waals surface area contributed by atoms with E-state index in [2.05, 4.69) is 19.1 Å².